The molecular weight excluding hydrogens is 236 g/mol. The van der Waals surface area contributed by atoms with Gasteiger partial charge < -0.3 is 10.1 Å². The number of hydrogen-bond acceptors (Lipinski definition) is 3. The van der Waals surface area contributed by atoms with Crippen LogP contribution in [0.1, 0.15) is 50.5 Å². The Hall–Kier alpha value is -1.09. The molecule has 1 aromatic heterocycles. The first-order chi connectivity index (χ1) is 9.35. The molecule has 1 aliphatic carbocycles. The van der Waals surface area contributed by atoms with Crippen molar-refractivity contribution in [2.24, 2.45) is 5.92 Å². The number of rotatable bonds is 5. The zero-order chi connectivity index (χ0) is 13.5. The Morgan fingerprint density at radius 1 is 1.26 bits per heavy atom. The van der Waals surface area contributed by atoms with E-state index in [9.17, 15) is 0 Å². The molecule has 0 aromatic carbocycles. The minimum absolute atomic E-state index is 0.629. The summed E-state index contributed by atoms with van der Waals surface area (Å²) in [6.45, 7) is 4.36. The predicted molar refractivity (Wildman–Crippen MR) is 78.6 cm³/mol. The molecule has 2 atom stereocenters. The molecule has 0 radical (unpaired) electrons. The molecule has 19 heavy (non-hydrogen) atoms. The molecule has 106 valence electrons. The van der Waals surface area contributed by atoms with E-state index in [1.54, 1.807) is 13.3 Å². The van der Waals surface area contributed by atoms with E-state index < -0.39 is 0 Å². The molecule has 1 aromatic rings. The Kier molecular flexibility index (Phi) is 5.64. The van der Waals surface area contributed by atoms with Crippen molar-refractivity contribution in [3.8, 4) is 5.75 Å². The van der Waals surface area contributed by atoms with Gasteiger partial charge in [-0.25, -0.2) is 0 Å². The number of ether oxygens (including phenoxy) is 1. The highest BCUT2D eigenvalue weighted by molar-refractivity contribution is 5.27. The van der Waals surface area contributed by atoms with Gasteiger partial charge in [0.25, 0.3) is 0 Å². The molecule has 1 heterocycles. The van der Waals surface area contributed by atoms with Gasteiger partial charge in [0.2, 0.25) is 0 Å². The fourth-order valence-electron chi connectivity index (χ4n) is 3.15. The summed E-state index contributed by atoms with van der Waals surface area (Å²) in [6.07, 6.45) is 10.5. The highest BCUT2D eigenvalue weighted by Crippen LogP contribution is 2.36. The first kappa shape index (κ1) is 14.3. The minimum Gasteiger partial charge on any atom is -0.495 e. The van der Waals surface area contributed by atoms with Crippen LogP contribution in [0.4, 0.5) is 0 Å². The Bertz CT molecular complexity index is 381. The topological polar surface area (TPSA) is 34.2 Å². The number of aromatic nitrogens is 1. The lowest BCUT2D eigenvalue weighted by atomic mass is 9.83. The second kappa shape index (κ2) is 7.49. The van der Waals surface area contributed by atoms with Gasteiger partial charge in [-0.2, -0.15) is 0 Å². The van der Waals surface area contributed by atoms with Crippen LogP contribution >= 0.6 is 0 Å². The lowest BCUT2D eigenvalue weighted by Crippen LogP contribution is -2.26. The van der Waals surface area contributed by atoms with E-state index >= 15 is 0 Å². The van der Waals surface area contributed by atoms with Gasteiger partial charge in [0.05, 0.1) is 13.3 Å². The number of nitrogens with zero attached hydrogens (tertiary/aromatic N) is 1. The molecule has 0 aliphatic heterocycles. The maximum absolute atomic E-state index is 5.32. The van der Waals surface area contributed by atoms with Crippen LogP contribution in [0, 0.1) is 5.92 Å². The highest BCUT2D eigenvalue weighted by atomic mass is 16.5. The van der Waals surface area contributed by atoms with Crippen LogP contribution in [0.2, 0.25) is 0 Å². The Morgan fingerprint density at radius 2 is 2.11 bits per heavy atom. The SMILES string of the molecule is CCNCC1CCCCCC1c1cncc(OC)c1. The maximum Gasteiger partial charge on any atom is 0.137 e. The number of nitrogens with one attached hydrogen (secondary N) is 1. The van der Waals surface area contributed by atoms with E-state index in [0.29, 0.717) is 5.92 Å². The average molecular weight is 262 g/mol. The van der Waals surface area contributed by atoms with Gasteiger partial charge >= 0.3 is 0 Å². The van der Waals surface area contributed by atoms with Gasteiger partial charge in [0.15, 0.2) is 0 Å². The molecule has 0 bridgehead atoms. The van der Waals surface area contributed by atoms with Gasteiger partial charge in [-0.15, -0.1) is 0 Å². The second-order valence-corrected chi connectivity index (χ2v) is 5.47. The lowest BCUT2D eigenvalue weighted by Gasteiger charge is -2.25. The standard InChI is InChI=1S/C16H26N2O/c1-3-17-10-13-7-5-4-6-8-16(13)14-9-15(19-2)12-18-11-14/h9,11-13,16-17H,3-8,10H2,1-2H3. The third kappa shape index (κ3) is 3.93. The van der Waals surface area contributed by atoms with E-state index in [0.717, 1.165) is 24.8 Å². The summed E-state index contributed by atoms with van der Waals surface area (Å²) in [5.74, 6) is 2.24. The van der Waals surface area contributed by atoms with Gasteiger partial charge in [-0.3, -0.25) is 4.98 Å². The van der Waals surface area contributed by atoms with Crippen LogP contribution in [0.5, 0.6) is 5.75 Å². The molecule has 3 heteroatoms. The third-order valence-corrected chi connectivity index (χ3v) is 4.21. The van der Waals surface area contributed by atoms with Gasteiger partial charge in [-0.05, 0) is 49.4 Å². The molecule has 0 amide bonds. The van der Waals surface area contributed by atoms with Crippen molar-refractivity contribution in [3.63, 3.8) is 0 Å². The van der Waals surface area contributed by atoms with Crippen LogP contribution in [0.3, 0.4) is 0 Å². The highest BCUT2D eigenvalue weighted by Gasteiger charge is 2.25. The third-order valence-electron chi connectivity index (χ3n) is 4.21. The van der Waals surface area contributed by atoms with Gasteiger partial charge in [0, 0.05) is 6.20 Å². The van der Waals surface area contributed by atoms with Crippen molar-refractivity contribution in [1.29, 1.82) is 0 Å². The van der Waals surface area contributed by atoms with Gasteiger partial charge in [-0.1, -0.05) is 26.2 Å². The van der Waals surface area contributed by atoms with Crippen molar-refractivity contribution < 1.29 is 4.74 Å². The van der Waals surface area contributed by atoms with E-state index in [-0.39, 0.29) is 0 Å². The van der Waals surface area contributed by atoms with Crippen LogP contribution in [-0.4, -0.2) is 25.2 Å². The summed E-state index contributed by atoms with van der Waals surface area (Å²) in [6, 6.07) is 2.17. The molecule has 2 unspecified atom stereocenters. The number of pyridine rings is 1. The van der Waals surface area contributed by atoms with E-state index in [1.165, 1.54) is 37.7 Å². The number of hydrogen-bond donors (Lipinski definition) is 1. The molecule has 1 N–H and O–H groups in total. The van der Waals surface area contributed by atoms with Crippen LogP contribution in [0.25, 0.3) is 0 Å². The molecule has 1 aliphatic rings. The average Bonchev–Trinajstić information content (AvgIpc) is 2.70. The smallest absolute Gasteiger partial charge is 0.137 e. The maximum atomic E-state index is 5.32. The first-order valence-electron chi connectivity index (χ1n) is 7.54. The van der Waals surface area contributed by atoms with E-state index in [4.69, 9.17) is 4.74 Å². The molecule has 1 saturated carbocycles. The van der Waals surface area contributed by atoms with Crippen molar-refractivity contribution in [1.82, 2.24) is 10.3 Å². The predicted octanol–water partition coefficient (Wildman–Crippen LogP) is 3.36. The molecular formula is C16H26N2O. The van der Waals surface area contributed by atoms with Crippen molar-refractivity contribution in [2.75, 3.05) is 20.2 Å². The Morgan fingerprint density at radius 3 is 2.89 bits per heavy atom. The van der Waals surface area contributed by atoms with Crippen LogP contribution in [-0.2, 0) is 0 Å². The summed E-state index contributed by atoms with van der Waals surface area (Å²) in [7, 11) is 1.71. The molecule has 0 saturated heterocycles. The summed E-state index contributed by atoms with van der Waals surface area (Å²) in [5.41, 5.74) is 1.35. The summed E-state index contributed by atoms with van der Waals surface area (Å²) < 4.78 is 5.32. The largest absolute Gasteiger partial charge is 0.495 e. The fourth-order valence-corrected chi connectivity index (χ4v) is 3.15. The van der Waals surface area contributed by atoms with Crippen molar-refractivity contribution in [2.45, 2.75) is 44.9 Å². The van der Waals surface area contributed by atoms with Gasteiger partial charge in [0.1, 0.15) is 5.75 Å². The minimum atomic E-state index is 0.629. The summed E-state index contributed by atoms with van der Waals surface area (Å²) in [5, 5.41) is 3.52. The zero-order valence-corrected chi connectivity index (χ0v) is 12.2. The van der Waals surface area contributed by atoms with Crippen molar-refractivity contribution in [3.05, 3.63) is 24.0 Å². The fraction of sp³-hybridized carbons (Fsp3) is 0.688. The van der Waals surface area contributed by atoms with Crippen LogP contribution in [0.15, 0.2) is 18.5 Å². The zero-order valence-electron chi connectivity index (χ0n) is 12.2. The molecule has 0 spiro atoms. The molecule has 3 nitrogen and oxygen atoms in total. The normalized spacial score (nSPS) is 23.9. The second-order valence-electron chi connectivity index (χ2n) is 5.47. The van der Waals surface area contributed by atoms with Crippen LogP contribution < -0.4 is 10.1 Å². The molecule has 2 rings (SSSR count). The summed E-state index contributed by atoms with van der Waals surface area (Å²) in [4.78, 5) is 4.33. The van der Waals surface area contributed by atoms with E-state index in [2.05, 4.69) is 23.3 Å². The Balaban J connectivity index is 2.15. The first-order valence-corrected chi connectivity index (χ1v) is 7.54. The monoisotopic (exact) mass is 262 g/mol. The van der Waals surface area contributed by atoms with E-state index in [1.807, 2.05) is 6.20 Å². The lowest BCUT2D eigenvalue weighted by molar-refractivity contribution is 0.374. The number of methoxy groups -OCH3 is 1. The quantitative estimate of drug-likeness (QED) is 0.826. The molecule has 1 fully saturated rings. The van der Waals surface area contributed by atoms with Crippen molar-refractivity contribution >= 4 is 0 Å². The summed E-state index contributed by atoms with van der Waals surface area (Å²) >= 11 is 0. The Labute approximate surface area is 116 Å².